The summed E-state index contributed by atoms with van der Waals surface area (Å²) in [5.41, 5.74) is 1.35. The summed E-state index contributed by atoms with van der Waals surface area (Å²) in [6, 6.07) is 8.09. The number of nitrogens with one attached hydrogen (secondary N) is 1. The van der Waals surface area contributed by atoms with Gasteiger partial charge in [-0.25, -0.2) is 4.79 Å². The quantitative estimate of drug-likeness (QED) is 0.652. The van der Waals surface area contributed by atoms with Gasteiger partial charge in [-0.2, -0.15) is 0 Å². The van der Waals surface area contributed by atoms with E-state index in [1.165, 1.54) is 0 Å². The van der Waals surface area contributed by atoms with Crippen molar-refractivity contribution >= 4 is 28.8 Å². The molecule has 1 unspecified atom stereocenters. The zero-order valence-electron chi connectivity index (χ0n) is 21.1. The Hall–Kier alpha value is -3.07. The van der Waals surface area contributed by atoms with Crippen molar-refractivity contribution in [3.8, 4) is 0 Å². The van der Waals surface area contributed by atoms with Gasteiger partial charge in [-0.05, 0) is 52.2 Å². The SMILES string of the molecule is CCNC(=O)Cn1cc(CN(C(=O)C2CN(C(=O)OC(C)(C)C)CCO2)C2CC2)c2ccccc21. The molecule has 1 aliphatic carbocycles. The van der Waals surface area contributed by atoms with Gasteiger partial charge in [-0.15, -0.1) is 0 Å². The Balaban J connectivity index is 1.51. The van der Waals surface area contributed by atoms with E-state index >= 15 is 0 Å². The summed E-state index contributed by atoms with van der Waals surface area (Å²) in [5, 5.41) is 3.87. The lowest BCUT2D eigenvalue weighted by molar-refractivity contribution is -0.150. The van der Waals surface area contributed by atoms with E-state index in [2.05, 4.69) is 5.32 Å². The molecule has 3 amide bonds. The number of likely N-dealkylation sites (N-methyl/N-ethyl adjacent to an activating group) is 1. The van der Waals surface area contributed by atoms with Crippen LogP contribution in [0.3, 0.4) is 0 Å². The Kier molecular flexibility index (Phi) is 7.35. The Morgan fingerprint density at radius 1 is 1.20 bits per heavy atom. The lowest BCUT2D eigenvalue weighted by atomic mass is 10.1. The van der Waals surface area contributed by atoms with Crippen molar-refractivity contribution in [2.45, 2.75) is 71.4 Å². The van der Waals surface area contributed by atoms with Crippen molar-refractivity contribution in [2.75, 3.05) is 26.2 Å². The Morgan fingerprint density at radius 3 is 2.63 bits per heavy atom. The number of amides is 3. The average molecular weight is 485 g/mol. The first-order valence-corrected chi connectivity index (χ1v) is 12.4. The summed E-state index contributed by atoms with van der Waals surface area (Å²) in [6.07, 6.45) is 2.72. The van der Waals surface area contributed by atoms with Gasteiger partial charge >= 0.3 is 6.09 Å². The summed E-state index contributed by atoms with van der Waals surface area (Å²) >= 11 is 0. The van der Waals surface area contributed by atoms with Crippen molar-refractivity contribution in [1.82, 2.24) is 19.7 Å². The zero-order valence-corrected chi connectivity index (χ0v) is 21.1. The van der Waals surface area contributed by atoms with Crippen LogP contribution in [0.4, 0.5) is 4.79 Å². The van der Waals surface area contributed by atoms with Gasteiger partial charge in [0, 0.05) is 42.8 Å². The van der Waals surface area contributed by atoms with E-state index in [9.17, 15) is 14.4 Å². The summed E-state index contributed by atoms with van der Waals surface area (Å²) in [6.45, 7) is 9.47. The molecular weight excluding hydrogens is 448 g/mol. The number of ether oxygens (including phenoxy) is 2. The van der Waals surface area contributed by atoms with E-state index in [0.717, 1.165) is 29.3 Å². The highest BCUT2D eigenvalue weighted by atomic mass is 16.6. The number of benzene rings is 1. The highest BCUT2D eigenvalue weighted by molar-refractivity contribution is 5.87. The number of nitrogens with zero attached hydrogens (tertiary/aromatic N) is 3. The van der Waals surface area contributed by atoms with Crippen LogP contribution >= 0.6 is 0 Å². The molecule has 1 saturated carbocycles. The molecule has 9 nitrogen and oxygen atoms in total. The number of para-hydroxylation sites is 1. The zero-order chi connectivity index (χ0) is 25.2. The van der Waals surface area contributed by atoms with Crippen molar-refractivity contribution < 1.29 is 23.9 Å². The topological polar surface area (TPSA) is 93.1 Å². The third kappa shape index (κ3) is 6.14. The van der Waals surface area contributed by atoms with Gasteiger partial charge in [-0.3, -0.25) is 9.59 Å². The molecule has 0 spiro atoms. The predicted octanol–water partition coefficient (Wildman–Crippen LogP) is 2.90. The van der Waals surface area contributed by atoms with E-state index < -0.39 is 17.8 Å². The lowest BCUT2D eigenvalue weighted by Crippen LogP contribution is -2.53. The minimum atomic E-state index is -0.722. The van der Waals surface area contributed by atoms with Crippen LogP contribution in [-0.4, -0.2) is 76.3 Å². The minimum Gasteiger partial charge on any atom is -0.444 e. The molecular formula is C26H36N4O5. The summed E-state index contributed by atoms with van der Waals surface area (Å²) in [5.74, 6) is -0.158. The predicted molar refractivity (Wildman–Crippen MR) is 132 cm³/mol. The maximum Gasteiger partial charge on any atom is 0.410 e. The number of hydrogen-bond acceptors (Lipinski definition) is 5. The van der Waals surface area contributed by atoms with E-state index in [4.69, 9.17) is 9.47 Å². The lowest BCUT2D eigenvalue weighted by Gasteiger charge is -2.35. The van der Waals surface area contributed by atoms with Gasteiger partial charge < -0.3 is 29.2 Å². The molecule has 0 bridgehead atoms. The van der Waals surface area contributed by atoms with Gasteiger partial charge in [0.2, 0.25) is 5.91 Å². The fourth-order valence-corrected chi connectivity index (χ4v) is 4.42. The highest BCUT2D eigenvalue weighted by Gasteiger charge is 2.39. The van der Waals surface area contributed by atoms with Crippen LogP contribution in [0.2, 0.25) is 0 Å². The van der Waals surface area contributed by atoms with E-state index in [1.807, 2.05) is 67.6 Å². The van der Waals surface area contributed by atoms with Crippen LogP contribution in [0, 0.1) is 0 Å². The molecule has 2 aliphatic rings. The monoisotopic (exact) mass is 484 g/mol. The average Bonchev–Trinajstić information content (AvgIpc) is 3.60. The number of morpholine rings is 1. The minimum absolute atomic E-state index is 0.0484. The van der Waals surface area contributed by atoms with Gasteiger partial charge in [-0.1, -0.05) is 18.2 Å². The fourth-order valence-electron chi connectivity index (χ4n) is 4.42. The number of carbonyl (C=O) groups excluding carboxylic acids is 3. The normalized spacial score (nSPS) is 18.4. The van der Waals surface area contributed by atoms with Crippen LogP contribution < -0.4 is 5.32 Å². The van der Waals surface area contributed by atoms with Crippen molar-refractivity contribution in [2.24, 2.45) is 0 Å². The second-order valence-electron chi connectivity index (χ2n) is 10.2. The third-order valence-electron chi connectivity index (χ3n) is 6.16. The molecule has 1 atom stereocenters. The van der Waals surface area contributed by atoms with Gasteiger partial charge in [0.05, 0.1) is 13.2 Å². The Labute approximate surface area is 206 Å². The first kappa shape index (κ1) is 25.0. The number of rotatable bonds is 7. The molecule has 2 fully saturated rings. The van der Waals surface area contributed by atoms with Crippen LogP contribution in [0.1, 0.15) is 46.1 Å². The number of aromatic nitrogens is 1. The number of fused-ring (bicyclic) bond motifs is 1. The molecule has 190 valence electrons. The third-order valence-corrected chi connectivity index (χ3v) is 6.16. The van der Waals surface area contributed by atoms with Crippen molar-refractivity contribution in [3.05, 3.63) is 36.0 Å². The Morgan fingerprint density at radius 2 is 1.94 bits per heavy atom. The molecule has 0 radical (unpaired) electrons. The van der Waals surface area contributed by atoms with Crippen LogP contribution in [0.15, 0.2) is 30.5 Å². The first-order chi connectivity index (χ1) is 16.7. The van der Waals surface area contributed by atoms with E-state index in [0.29, 0.717) is 26.2 Å². The molecule has 1 aromatic carbocycles. The standard InChI is InChI=1S/C26H36N4O5/c1-5-27-23(31)17-29-14-18(20-8-6-7-9-21(20)29)15-30(19-10-11-19)24(32)22-16-28(12-13-34-22)25(33)35-26(2,3)4/h6-9,14,19,22H,5,10-13,15-17H2,1-4H3,(H,27,31). The Bertz CT molecular complexity index is 1090. The number of carbonyl (C=O) groups is 3. The maximum absolute atomic E-state index is 13.6. The molecule has 1 saturated heterocycles. The maximum atomic E-state index is 13.6. The van der Waals surface area contributed by atoms with Gasteiger partial charge in [0.1, 0.15) is 12.1 Å². The van der Waals surface area contributed by atoms with Crippen molar-refractivity contribution in [3.63, 3.8) is 0 Å². The molecule has 1 aromatic heterocycles. The molecule has 9 heteroatoms. The second kappa shape index (κ2) is 10.3. The van der Waals surface area contributed by atoms with E-state index in [-0.39, 0.29) is 30.9 Å². The summed E-state index contributed by atoms with van der Waals surface area (Å²) in [4.78, 5) is 41.8. The fraction of sp³-hybridized carbons (Fsp3) is 0.577. The molecule has 2 heterocycles. The van der Waals surface area contributed by atoms with Crippen LogP contribution in [0.25, 0.3) is 10.9 Å². The van der Waals surface area contributed by atoms with Crippen LogP contribution in [0.5, 0.6) is 0 Å². The summed E-state index contributed by atoms with van der Waals surface area (Å²) in [7, 11) is 0. The van der Waals surface area contributed by atoms with Crippen molar-refractivity contribution in [1.29, 1.82) is 0 Å². The molecule has 35 heavy (non-hydrogen) atoms. The van der Waals surface area contributed by atoms with E-state index in [1.54, 1.807) is 4.90 Å². The highest BCUT2D eigenvalue weighted by Crippen LogP contribution is 2.32. The molecule has 2 aromatic rings. The smallest absolute Gasteiger partial charge is 0.410 e. The van der Waals surface area contributed by atoms with Gasteiger partial charge in [0.15, 0.2) is 6.10 Å². The summed E-state index contributed by atoms with van der Waals surface area (Å²) < 4.78 is 13.2. The second-order valence-corrected chi connectivity index (χ2v) is 10.2. The van der Waals surface area contributed by atoms with Crippen LogP contribution in [-0.2, 0) is 32.2 Å². The van der Waals surface area contributed by atoms with Gasteiger partial charge in [0.25, 0.3) is 5.91 Å². The molecule has 1 N–H and O–H groups in total. The first-order valence-electron chi connectivity index (χ1n) is 12.4. The molecule has 4 rings (SSSR count). The largest absolute Gasteiger partial charge is 0.444 e. The molecule has 1 aliphatic heterocycles. The number of hydrogen-bond donors (Lipinski definition) is 1.